The van der Waals surface area contributed by atoms with Gasteiger partial charge in [-0.15, -0.1) is 11.3 Å². The Balaban J connectivity index is 1.42. The summed E-state index contributed by atoms with van der Waals surface area (Å²) in [5, 5.41) is 8.32. The molecule has 5 nitrogen and oxygen atoms in total. The van der Waals surface area contributed by atoms with Crippen LogP contribution in [0.4, 0.5) is 10.1 Å². The first-order chi connectivity index (χ1) is 16.0. The average Bonchev–Trinajstić information content (AvgIpc) is 3.28. The Hall–Kier alpha value is -3.84. The molecule has 3 aromatic carbocycles. The number of thiazole rings is 1. The molecule has 0 saturated carbocycles. The normalized spacial score (nSPS) is 11.6. The average molecular weight is 460 g/mol. The number of halogens is 1. The van der Waals surface area contributed by atoms with Crippen molar-refractivity contribution in [1.82, 2.24) is 10.3 Å². The lowest BCUT2D eigenvalue weighted by Gasteiger charge is -2.16. The molecule has 1 unspecified atom stereocenters. The fraction of sp³-hybridized carbons (Fsp3) is 0.115. The number of nitrogens with one attached hydrogen (secondary N) is 2. The number of hydrogen-bond acceptors (Lipinski definition) is 4. The fourth-order valence-corrected chi connectivity index (χ4v) is 4.19. The highest BCUT2D eigenvalue weighted by molar-refractivity contribution is 7.13. The second-order valence-corrected chi connectivity index (χ2v) is 8.39. The second-order valence-electron chi connectivity index (χ2n) is 7.53. The number of rotatable bonds is 7. The Morgan fingerprint density at radius 2 is 1.67 bits per heavy atom. The topological polar surface area (TPSA) is 71.1 Å². The van der Waals surface area contributed by atoms with Crippen molar-refractivity contribution >= 4 is 28.8 Å². The molecule has 0 saturated heterocycles. The zero-order valence-corrected chi connectivity index (χ0v) is 18.7. The van der Waals surface area contributed by atoms with Crippen LogP contribution in [0.15, 0.2) is 84.2 Å². The van der Waals surface area contributed by atoms with Crippen LogP contribution in [0.1, 0.15) is 34.6 Å². The van der Waals surface area contributed by atoms with Gasteiger partial charge in [0.05, 0.1) is 29.4 Å². The van der Waals surface area contributed by atoms with Crippen molar-refractivity contribution in [2.24, 2.45) is 0 Å². The summed E-state index contributed by atoms with van der Waals surface area (Å²) in [5.74, 6) is -0.854. The molecule has 166 valence electrons. The zero-order chi connectivity index (χ0) is 23.2. The number of amides is 2. The van der Waals surface area contributed by atoms with E-state index in [1.54, 1.807) is 41.8 Å². The Morgan fingerprint density at radius 3 is 2.42 bits per heavy atom. The van der Waals surface area contributed by atoms with Gasteiger partial charge in [-0.05, 0) is 48.9 Å². The van der Waals surface area contributed by atoms with Crippen LogP contribution in [-0.4, -0.2) is 16.8 Å². The third-order valence-electron chi connectivity index (χ3n) is 5.08. The van der Waals surface area contributed by atoms with E-state index in [0.29, 0.717) is 22.0 Å². The van der Waals surface area contributed by atoms with Crippen LogP contribution in [0.2, 0.25) is 0 Å². The minimum atomic E-state index is -0.309. The summed E-state index contributed by atoms with van der Waals surface area (Å²) in [6.07, 6.45) is 0.0636. The summed E-state index contributed by atoms with van der Waals surface area (Å²) in [5.41, 5.74) is 3.22. The molecule has 0 aliphatic rings. The number of para-hydroxylation sites is 1. The van der Waals surface area contributed by atoms with Crippen molar-refractivity contribution in [2.75, 3.05) is 5.32 Å². The molecule has 1 atom stereocenters. The summed E-state index contributed by atoms with van der Waals surface area (Å²) >= 11 is 1.39. The van der Waals surface area contributed by atoms with Gasteiger partial charge >= 0.3 is 0 Å². The molecule has 7 heteroatoms. The van der Waals surface area contributed by atoms with Gasteiger partial charge in [0.1, 0.15) is 10.8 Å². The molecule has 0 aliphatic heterocycles. The summed E-state index contributed by atoms with van der Waals surface area (Å²) in [7, 11) is 0. The molecular weight excluding hydrogens is 437 g/mol. The van der Waals surface area contributed by atoms with Gasteiger partial charge < -0.3 is 10.6 Å². The number of benzene rings is 3. The van der Waals surface area contributed by atoms with E-state index in [1.807, 2.05) is 37.3 Å². The van der Waals surface area contributed by atoms with E-state index in [0.717, 1.165) is 11.1 Å². The molecule has 1 aromatic heterocycles. The number of anilines is 1. The Labute approximate surface area is 195 Å². The van der Waals surface area contributed by atoms with Crippen molar-refractivity contribution in [3.63, 3.8) is 0 Å². The van der Waals surface area contributed by atoms with Gasteiger partial charge in [0, 0.05) is 10.9 Å². The van der Waals surface area contributed by atoms with Crippen molar-refractivity contribution in [1.29, 1.82) is 0 Å². The minimum Gasteiger partial charge on any atom is -0.345 e. The molecule has 33 heavy (non-hydrogen) atoms. The number of carbonyl (C=O) groups excluding carboxylic acids is 2. The van der Waals surface area contributed by atoms with Gasteiger partial charge in [0.15, 0.2) is 0 Å². The highest BCUT2D eigenvalue weighted by atomic mass is 32.1. The van der Waals surface area contributed by atoms with Crippen LogP contribution in [0.3, 0.4) is 0 Å². The van der Waals surface area contributed by atoms with Crippen LogP contribution in [-0.2, 0) is 11.2 Å². The maximum absolute atomic E-state index is 13.1. The molecule has 4 aromatic rings. The standard InChI is InChI=1S/C26H22FN3O2S/c1-17(18-7-3-2-4-8-18)28-25(32)22-9-5-6-10-23(22)30-24(31)15-21-16-33-26(29-21)19-11-13-20(27)14-12-19/h2-14,16-17H,15H2,1H3,(H,28,32)(H,30,31). The molecule has 0 aliphatic carbocycles. The van der Waals surface area contributed by atoms with Gasteiger partial charge in [0.25, 0.3) is 5.91 Å². The first-order valence-electron chi connectivity index (χ1n) is 10.4. The second kappa shape index (κ2) is 10.2. The summed E-state index contributed by atoms with van der Waals surface area (Å²) in [4.78, 5) is 30.0. The lowest BCUT2D eigenvalue weighted by atomic mass is 10.1. The quantitative estimate of drug-likeness (QED) is 0.377. The van der Waals surface area contributed by atoms with Gasteiger partial charge in [-0.3, -0.25) is 9.59 Å². The van der Waals surface area contributed by atoms with E-state index in [-0.39, 0.29) is 30.1 Å². The van der Waals surface area contributed by atoms with Crippen molar-refractivity contribution in [3.05, 3.63) is 107 Å². The number of hydrogen-bond donors (Lipinski definition) is 2. The summed E-state index contributed by atoms with van der Waals surface area (Å²) in [6, 6.07) is 22.5. The van der Waals surface area contributed by atoms with Crippen LogP contribution in [0, 0.1) is 5.82 Å². The third kappa shape index (κ3) is 5.70. The molecular formula is C26H22FN3O2S. The molecule has 1 heterocycles. The molecule has 4 rings (SSSR count). The number of aromatic nitrogens is 1. The maximum atomic E-state index is 13.1. The third-order valence-corrected chi connectivity index (χ3v) is 6.02. The molecule has 0 bridgehead atoms. The fourth-order valence-electron chi connectivity index (χ4n) is 3.36. The van der Waals surface area contributed by atoms with E-state index in [1.165, 1.54) is 23.5 Å². The number of carbonyl (C=O) groups is 2. The van der Waals surface area contributed by atoms with Gasteiger partial charge in [0.2, 0.25) is 5.91 Å². The van der Waals surface area contributed by atoms with E-state index in [2.05, 4.69) is 15.6 Å². The Morgan fingerprint density at radius 1 is 0.970 bits per heavy atom. The van der Waals surface area contributed by atoms with Gasteiger partial charge in [-0.2, -0.15) is 0 Å². The summed E-state index contributed by atoms with van der Waals surface area (Å²) in [6.45, 7) is 1.91. The van der Waals surface area contributed by atoms with E-state index >= 15 is 0 Å². The van der Waals surface area contributed by atoms with Crippen LogP contribution in [0.25, 0.3) is 10.6 Å². The Bertz CT molecular complexity index is 1260. The lowest BCUT2D eigenvalue weighted by Crippen LogP contribution is -2.28. The summed E-state index contributed by atoms with van der Waals surface area (Å²) < 4.78 is 13.1. The van der Waals surface area contributed by atoms with Crippen molar-refractivity contribution < 1.29 is 14.0 Å². The predicted molar refractivity (Wildman–Crippen MR) is 129 cm³/mol. The monoisotopic (exact) mass is 459 g/mol. The highest BCUT2D eigenvalue weighted by Gasteiger charge is 2.17. The highest BCUT2D eigenvalue weighted by Crippen LogP contribution is 2.24. The smallest absolute Gasteiger partial charge is 0.253 e. The van der Waals surface area contributed by atoms with Gasteiger partial charge in [-0.1, -0.05) is 42.5 Å². The van der Waals surface area contributed by atoms with E-state index in [4.69, 9.17) is 0 Å². The molecule has 0 radical (unpaired) electrons. The minimum absolute atomic E-state index is 0.0636. The first kappa shape index (κ1) is 22.4. The molecule has 0 fully saturated rings. The van der Waals surface area contributed by atoms with Crippen LogP contribution < -0.4 is 10.6 Å². The zero-order valence-electron chi connectivity index (χ0n) is 17.9. The molecule has 0 spiro atoms. The lowest BCUT2D eigenvalue weighted by molar-refractivity contribution is -0.115. The Kier molecular flexibility index (Phi) is 6.90. The first-order valence-corrected chi connectivity index (χ1v) is 11.3. The maximum Gasteiger partial charge on any atom is 0.253 e. The molecule has 2 N–H and O–H groups in total. The predicted octanol–water partition coefficient (Wildman–Crippen LogP) is 5.62. The van der Waals surface area contributed by atoms with Gasteiger partial charge in [-0.25, -0.2) is 9.37 Å². The van der Waals surface area contributed by atoms with Crippen molar-refractivity contribution in [3.8, 4) is 10.6 Å². The largest absolute Gasteiger partial charge is 0.345 e. The van der Waals surface area contributed by atoms with Crippen molar-refractivity contribution in [2.45, 2.75) is 19.4 Å². The van der Waals surface area contributed by atoms with E-state index < -0.39 is 0 Å². The van der Waals surface area contributed by atoms with Crippen LogP contribution >= 0.6 is 11.3 Å². The van der Waals surface area contributed by atoms with Crippen LogP contribution in [0.5, 0.6) is 0 Å². The SMILES string of the molecule is CC(NC(=O)c1ccccc1NC(=O)Cc1csc(-c2ccc(F)cc2)n1)c1ccccc1. The number of nitrogens with zero attached hydrogens (tertiary/aromatic N) is 1. The molecule has 2 amide bonds. The van der Waals surface area contributed by atoms with E-state index in [9.17, 15) is 14.0 Å².